The fourth-order valence-corrected chi connectivity index (χ4v) is 1.53. The first kappa shape index (κ1) is 12.2. The molecule has 0 aliphatic carbocycles. The van der Waals surface area contributed by atoms with Crippen molar-refractivity contribution in [2.45, 2.75) is 11.8 Å². The highest BCUT2D eigenvalue weighted by molar-refractivity contribution is 9.08. The Morgan fingerprint density at radius 3 is 2.47 bits per heavy atom. The zero-order valence-electron chi connectivity index (χ0n) is 8.26. The fraction of sp³-hybridized carbons (Fsp3) is 0.444. The summed E-state index contributed by atoms with van der Waals surface area (Å²) in [6, 6.07) is 1.18. The number of alkyl halides is 3. The highest BCUT2D eigenvalue weighted by Crippen LogP contribution is 2.34. The largest absolute Gasteiger partial charge is 0.493 e. The second kappa shape index (κ2) is 5.25. The minimum Gasteiger partial charge on any atom is -0.493 e. The van der Waals surface area contributed by atoms with Crippen LogP contribution in [-0.4, -0.2) is 19.2 Å². The van der Waals surface area contributed by atoms with E-state index in [1.165, 1.54) is 20.3 Å². The highest BCUT2D eigenvalue weighted by Gasteiger charge is 2.17. The molecule has 1 aromatic rings. The molecule has 0 spiro atoms. The molecule has 15 heavy (non-hydrogen) atoms. The summed E-state index contributed by atoms with van der Waals surface area (Å²) in [6.07, 6.45) is -2.62. The van der Waals surface area contributed by atoms with Crippen LogP contribution in [0.15, 0.2) is 6.07 Å². The van der Waals surface area contributed by atoms with Crippen molar-refractivity contribution in [3.63, 3.8) is 0 Å². The van der Waals surface area contributed by atoms with E-state index in [4.69, 9.17) is 9.47 Å². The van der Waals surface area contributed by atoms with E-state index in [-0.39, 0.29) is 11.4 Å². The van der Waals surface area contributed by atoms with E-state index < -0.39 is 6.43 Å². The second-order valence-electron chi connectivity index (χ2n) is 2.66. The molecule has 0 saturated carbocycles. The van der Waals surface area contributed by atoms with Gasteiger partial charge in [-0.2, -0.15) is 0 Å². The molecule has 0 amide bonds. The van der Waals surface area contributed by atoms with Crippen LogP contribution in [0.3, 0.4) is 0 Å². The summed E-state index contributed by atoms with van der Waals surface area (Å²) in [5, 5.41) is 0.326. The van der Waals surface area contributed by atoms with Crippen LogP contribution in [-0.2, 0) is 5.33 Å². The molecule has 0 aliphatic heterocycles. The molecule has 0 bridgehead atoms. The van der Waals surface area contributed by atoms with Gasteiger partial charge in [0.05, 0.1) is 19.9 Å². The van der Waals surface area contributed by atoms with E-state index in [1.54, 1.807) is 0 Å². The van der Waals surface area contributed by atoms with Gasteiger partial charge in [0.2, 0.25) is 0 Å². The van der Waals surface area contributed by atoms with E-state index in [0.29, 0.717) is 16.8 Å². The molecule has 6 heteroatoms. The Bertz CT molecular complexity index is 322. The maximum absolute atomic E-state index is 12.5. The second-order valence-corrected chi connectivity index (χ2v) is 3.22. The van der Waals surface area contributed by atoms with Gasteiger partial charge in [0, 0.05) is 11.4 Å². The predicted molar refractivity (Wildman–Crippen MR) is 54.9 cm³/mol. The van der Waals surface area contributed by atoms with Crippen LogP contribution in [0.1, 0.15) is 17.8 Å². The van der Waals surface area contributed by atoms with E-state index in [1.807, 2.05) is 0 Å². The van der Waals surface area contributed by atoms with E-state index in [0.717, 1.165) is 0 Å². The Hall–Kier alpha value is -0.910. The number of methoxy groups -OCH3 is 2. The Morgan fingerprint density at radius 1 is 1.40 bits per heavy atom. The lowest BCUT2D eigenvalue weighted by Gasteiger charge is -2.12. The summed E-state index contributed by atoms with van der Waals surface area (Å²) < 4.78 is 34.9. The Kier molecular flexibility index (Phi) is 4.26. The average molecular weight is 282 g/mol. The summed E-state index contributed by atoms with van der Waals surface area (Å²) in [5.41, 5.74) is 0.0780. The van der Waals surface area contributed by atoms with Crippen molar-refractivity contribution in [3.8, 4) is 11.5 Å². The van der Waals surface area contributed by atoms with Gasteiger partial charge >= 0.3 is 0 Å². The van der Waals surface area contributed by atoms with Crippen molar-refractivity contribution >= 4 is 15.9 Å². The topological polar surface area (TPSA) is 31.4 Å². The van der Waals surface area contributed by atoms with Crippen molar-refractivity contribution in [2.75, 3.05) is 14.2 Å². The van der Waals surface area contributed by atoms with Gasteiger partial charge in [0.25, 0.3) is 6.43 Å². The van der Waals surface area contributed by atoms with Gasteiger partial charge in [-0.15, -0.1) is 0 Å². The Morgan fingerprint density at radius 2 is 2.07 bits per heavy atom. The first-order valence-electron chi connectivity index (χ1n) is 4.10. The number of pyridine rings is 1. The van der Waals surface area contributed by atoms with Crippen molar-refractivity contribution < 1.29 is 18.3 Å². The molecule has 84 valence electrons. The van der Waals surface area contributed by atoms with Gasteiger partial charge in [0.1, 0.15) is 5.69 Å². The molecule has 1 rings (SSSR count). The van der Waals surface area contributed by atoms with Crippen LogP contribution in [0.5, 0.6) is 11.5 Å². The Balaban J connectivity index is 3.29. The highest BCUT2D eigenvalue weighted by atomic mass is 79.9. The zero-order valence-corrected chi connectivity index (χ0v) is 9.85. The first-order valence-corrected chi connectivity index (χ1v) is 5.22. The SMILES string of the molecule is COc1cc(C(F)F)nc(CBr)c1OC. The van der Waals surface area contributed by atoms with Crippen molar-refractivity contribution in [1.29, 1.82) is 0 Å². The summed E-state index contributed by atoms with van der Waals surface area (Å²) >= 11 is 3.15. The van der Waals surface area contributed by atoms with E-state index in [9.17, 15) is 8.78 Å². The summed E-state index contributed by atoms with van der Waals surface area (Å²) in [5.74, 6) is 0.635. The lowest BCUT2D eigenvalue weighted by atomic mass is 10.2. The summed E-state index contributed by atoms with van der Waals surface area (Å²) in [4.78, 5) is 3.77. The van der Waals surface area contributed by atoms with Crippen LogP contribution < -0.4 is 9.47 Å². The predicted octanol–water partition coefficient (Wildman–Crippen LogP) is 2.93. The number of rotatable bonds is 4. The van der Waals surface area contributed by atoms with Gasteiger partial charge in [-0.05, 0) is 0 Å². The number of halogens is 3. The molecule has 0 N–H and O–H groups in total. The van der Waals surface area contributed by atoms with Gasteiger partial charge in [-0.25, -0.2) is 13.8 Å². The van der Waals surface area contributed by atoms with Crippen molar-refractivity contribution in [2.24, 2.45) is 0 Å². The first-order chi connectivity index (χ1) is 7.13. The van der Waals surface area contributed by atoms with Crippen LogP contribution in [0.25, 0.3) is 0 Å². The monoisotopic (exact) mass is 281 g/mol. The number of ether oxygens (including phenoxy) is 2. The quantitative estimate of drug-likeness (QED) is 0.796. The molecule has 0 radical (unpaired) electrons. The van der Waals surface area contributed by atoms with E-state index in [2.05, 4.69) is 20.9 Å². The van der Waals surface area contributed by atoms with E-state index >= 15 is 0 Å². The van der Waals surface area contributed by atoms with Gasteiger partial charge in [-0.3, -0.25) is 0 Å². The summed E-state index contributed by atoms with van der Waals surface area (Å²) in [7, 11) is 2.83. The lowest BCUT2D eigenvalue weighted by molar-refractivity contribution is 0.145. The molecule has 0 unspecified atom stereocenters. The lowest BCUT2D eigenvalue weighted by Crippen LogP contribution is -2.01. The average Bonchev–Trinajstić information content (AvgIpc) is 2.26. The molecule has 3 nitrogen and oxygen atoms in total. The molecule has 1 aromatic heterocycles. The minimum atomic E-state index is -2.62. The minimum absolute atomic E-state index is 0.261. The van der Waals surface area contributed by atoms with Gasteiger partial charge in [-0.1, -0.05) is 15.9 Å². The molecule has 0 aromatic carbocycles. The van der Waals surface area contributed by atoms with Crippen LogP contribution >= 0.6 is 15.9 Å². The molecule has 1 heterocycles. The van der Waals surface area contributed by atoms with Crippen LogP contribution in [0.4, 0.5) is 8.78 Å². The maximum atomic E-state index is 12.5. The molecule has 0 saturated heterocycles. The van der Waals surface area contributed by atoms with Gasteiger partial charge < -0.3 is 9.47 Å². The smallest absolute Gasteiger partial charge is 0.280 e. The van der Waals surface area contributed by atoms with Crippen LogP contribution in [0.2, 0.25) is 0 Å². The maximum Gasteiger partial charge on any atom is 0.280 e. The number of nitrogens with zero attached hydrogens (tertiary/aromatic N) is 1. The number of hydrogen-bond acceptors (Lipinski definition) is 3. The number of aromatic nitrogens is 1. The van der Waals surface area contributed by atoms with Crippen LogP contribution in [0, 0.1) is 0 Å². The Labute approximate surface area is 94.5 Å². The molecule has 0 atom stereocenters. The fourth-order valence-electron chi connectivity index (χ4n) is 1.15. The van der Waals surface area contributed by atoms with Gasteiger partial charge in [0.15, 0.2) is 11.5 Å². The van der Waals surface area contributed by atoms with Crippen molar-refractivity contribution in [1.82, 2.24) is 4.98 Å². The molecular weight excluding hydrogens is 272 g/mol. The molecule has 0 aliphatic rings. The normalized spacial score (nSPS) is 10.5. The van der Waals surface area contributed by atoms with Crippen molar-refractivity contribution in [3.05, 3.63) is 17.5 Å². The third-order valence-corrected chi connectivity index (χ3v) is 2.33. The molecular formula is C9H10BrF2NO2. The summed E-state index contributed by atoms with van der Waals surface area (Å²) in [6.45, 7) is 0. The zero-order chi connectivity index (χ0) is 11.4. The number of hydrogen-bond donors (Lipinski definition) is 0. The third kappa shape index (κ3) is 2.56. The standard InChI is InChI=1S/C9H10BrF2NO2/c1-14-7-3-5(9(11)12)13-6(4-10)8(7)15-2/h3,9H,4H2,1-2H3. The third-order valence-electron chi connectivity index (χ3n) is 1.80. The molecule has 0 fully saturated rings.